The van der Waals surface area contributed by atoms with Crippen LogP contribution in [0.5, 0.6) is 0 Å². The Morgan fingerprint density at radius 1 is 1.17 bits per heavy atom. The molecule has 0 saturated carbocycles. The maximum atomic E-state index is 11.9. The van der Waals surface area contributed by atoms with Crippen LogP contribution in [0.2, 0.25) is 0 Å². The summed E-state index contributed by atoms with van der Waals surface area (Å²) in [6.45, 7) is 2.06. The van der Waals surface area contributed by atoms with Crippen molar-refractivity contribution < 1.29 is 13.2 Å². The van der Waals surface area contributed by atoms with Gasteiger partial charge in [0.15, 0.2) is 0 Å². The van der Waals surface area contributed by atoms with Gasteiger partial charge in [-0.05, 0) is 13.0 Å². The van der Waals surface area contributed by atoms with Crippen molar-refractivity contribution in [1.29, 1.82) is 0 Å². The highest BCUT2D eigenvalue weighted by atomic mass is 19.4. The number of nitrogens with one attached hydrogen (secondary N) is 2. The molecule has 1 heterocycles. The van der Waals surface area contributed by atoms with Crippen LogP contribution in [0.3, 0.4) is 0 Å². The first-order valence-electron chi connectivity index (χ1n) is 4.09. The van der Waals surface area contributed by atoms with E-state index in [1.807, 2.05) is 0 Å². The Balaban J connectivity index is 2.30. The molecule has 2 nitrogen and oxygen atoms in total. The number of alkyl halides is 3. The highest BCUT2D eigenvalue weighted by molar-refractivity contribution is 4.75. The van der Waals surface area contributed by atoms with Crippen LogP contribution < -0.4 is 10.6 Å². The van der Waals surface area contributed by atoms with Crippen LogP contribution in [0, 0.1) is 0 Å². The molecule has 0 aromatic carbocycles. The summed E-state index contributed by atoms with van der Waals surface area (Å²) in [5, 5.41) is 5.89. The van der Waals surface area contributed by atoms with E-state index in [1.165, 1.54) is 0 Å². The summed E-state index contributed by atoms with van der Waals surface area (Å²) in [7, 11) is 0. The molecule has 0 aliphatic carbocycles. The number of hydrogen-bond donors (Lipinski definition) is 2. The molecule has 0 amide bonds. The third kappa shape index (κ3) is 3.92. The van der Waals surface area contributed by atoms with Crippen molar-refractivity contribution in [3.8, 4) is 0 Å². The Kier molecular flexibility index (Phi) is 3.34. The number of halogens is 3. The van der Waals surface area contributed by atoms with Crippen molar-refractivity contribution in [2.75, 3.05) is 19.6 Å². The minimum Gasteiger partial charge on any atom is -0.315 e. The Bertz CT molecular complexity index is 127. The summed E-state index contributed by atoms with van der Waals surface area (Å²) in [5.74, 6) is 0. The lowest BCUT2D eigenvalue weighted by Crippen LogP contribution is -2.34. The fourth-order valence-corrected chi connectivity index (χ4v) is 1.32. The fraction of sp³-hybridized carbons (Fsp3) is 1.00. The maximum absolute atomic E-state index is 11.9. The molecule has 2 N–H and O–H groups in total. The molecule has 1 saturated heterocycles. The van der Waals surface area contributed by atoms with Gasteiger partial charge in [-0.15, -0.1) is 0 Å². The second-order valence-corrected chi connectivity index (χ2v) is 3.01. The van der Waals surface area contributed by atoms with E-state index in [0.29, 0.717) is 19.5 Å². The normalized spacial score (nSPS) is 26.8. The van der Waals surface area contributed by atoms with Gasteiger partial charge in [-0.1, -0.05) is 0 Å². The molecule has 0 spiro atoms. The summed E-state index contributed by atoms with van der Waals surface area (Å²) in [6.07, 6.45) is -4.20. The van der Waals surface area contributed by atoms with Crippen LogP contribution in [0.1, 0.15) is 12.8 Å². The minimum atomic E-state index is -4.04. The standard InChI is InChI=1S/C7H13F3N2/c8-7(9,10)5-6-1-2-11-3-4-12-6/h6,11-12H,1-5H2. The van der Waals surface area contributed by atoms with Crippen LogP contribution in [0.15, 0.2) is 0 Å². The lowest BCUT2D eigenvalue weighted by atomic mass is 10.1. The SMILES string of the molecule is FC(F)(F)CC1CCNCCN1. The lowest BCUT2D eigenvalue weighted by molar-refractivity contribution is -0.140. The van der Waals surface area contributed by atoms with E-state index in [2.05, 4.69) is 10.6 Å². The molecular formula is C7H13F3N2. The predicted molar refractivity (Wildman–Crippen MR) is 39.9 cm³/mol. The van der Waals surface area contributed by atoms with Gasteiger partial charge in [0.05, 0.1) is 6.42 Å². The van der Waals surface area contributed by atoms with E-state index >= 15 is 0 Å². The van der Waals surface area contributed by atoms with Crippen molar-refractivity contribution in [2.24, 2.45) is 0 Å². The van der Waals surface area contributed by atoms with Gasteiger partial charge in [-0.25, -0.2) is 0 Å². The molecule has 1 fully saturated rings. The zero-order valence-corrected chi connectivity index (χ0v) is 6.75. The van der Waals surface area contributed by atoms with E-state index in [0.717, 1.165) is 6.54 Å². The van der Waals surface area contributed by atoms with E-state index in [-0.39, 0.29) is 0 Å². The zero-order valence-electron chi connectivity index (χ0n) is 6.75. The molecule has 0 aromatic heterocycles. The molecule has 5 heteroatoms. The zero-order chi connectivity index (χ0) is 9.03. The minimum absolute atomic E-state index is 0.403. The van der Waals surface area contributed by atoms with Crippen LogP contribution in [-0.2, 0) is 0 Å². The summed E-state index contributed by atoms with van der Waals surface area (Å²) < 4.78 is 35.7. The second-order valence-electron chi connectivity index (χ2n) is 3.01. The van der Waals surface area contributed by atoms with Crippen LogP contribution >= 0.6 is 0 Å². The average Bonchev–Trinajstić information content (AvgIpc) is 2.12. The highest BCUT2D eigenvalue weighted by Gasteiger charge is 2.31. The molecule has 0 radical (unpaired) electrons. The Labute approximate surface area is 69.5 Å². The third-order valence-electron chi connectivity index (χ3n) is 1.88. The van der Waals surface area contributed by atoms with E-state index in [4.69, 9.17) is 0 Å². The molecule has 1 rings (SSSR count). The smallest absolute Gasteiger partial charge is 0.315 e. The highest BCUT2D eigenvalue weighted by Crippen LogP contribution is 2.22. The van der Waals surface area contributed by atoms with Crippen LogP contribution in [-0.4, -0.2) is 31.9 Å². The number of hydrogen-bond acceptors (Lipinski definition) is 2. The molecule has 1 atom stereocenters. The van der Waals surface area contributed by atoms with Crippen molar-refractivity contribution in [2.45, 2.75) is 25.1 Å². The van der Waals surface area contributed by atoms with Crippen LogP contribution in [0.4, 0.5) is 13.2 Å². The molecule has 12 heavy (non-hydrogen) atoms. The first kappa shape index (κ1) is 9.80. The van der Waals surface area contributed by atoms with Crippen molar-refractivity contribution in [3.05, 3.63) is 0 Å². The van der Waals surface area contributed by atoms with E-state index in [1.54, 1.807) is 0 Å². The summed E-state index contributed by atoms with van der Waals surface area (Å²) in [6, 6.07) is -0.403. The second kappa shape index (κ2) is 4.09. The molecule has 1 aliphatic heterocycles. The Morgan fingerprint density at radius 2 is 1.92 bits per heavy atom. The fourth-order valence-electron chi connectivity index (χ4n) is 1.32. The van der Waals surface area contributed by atoms with Crippen molar-refractivity contribution >= 4 is 0 Å². The van der Waals surface area contributed by atoms with Crippen molar-refractivity contribution in [1.82, 2.24) is 10.6 Å². The summed E-state index contributed by atoms with van der Waals surface area (Å²) >= 11 is 0. The van der Waals surface area contributed by atoms with Gasteiger partial charge in [0, 0.05) is 19.1 Å². The first-order chi connectivity index (χ1) is 5.58. The molecule has 0 bridgehead atoms. The van der Waals surface area contributed by atoms with Gasteiger partial charge in [0.25, 0.3) is 0 Å². The van der Waals surface area contributed by atoms with Gasteiger partial charge < -0.3 is 10.6 Å². The van der Waals surface area contributed by atoms with Crippen molar-refractivity contribution in [3.63, 3.8) is 0 Å². The van der Waals surface area contributed by atoms with Gasteiger partial charge >= 0.3 is 6.18 Å². The summed E-state index contributed by atoms with van der Waals surface area (Å²) in [4.78, 5) is 0. The Morgan fingerprint density at radius 3 is 2.58 bits per heavy atom. The molecular weight excluding hydrogens is 169 g/mol. The van der Waals surface area contributed by atoms with E-state index in [9.17, 15) is 13.2 Å². The van der Waals surface area contributed by atoms with Crippen LogP contribution in [0.25, 0.3) is 0 Å². The monoisotopic (exact) mass is 182 g/mol. The molecule has 1 aliphatic rings. The topological polar surface area (TPSA) is 24.1 Å². The van der Waals surface area contributed by atoms with Gasteiger partial charge in [0.2, 0.25) is 0 Å². The van der Waals surface area contributed by atoms with Gasteiger partial charge in [-0.3, -0.25) is 0 Å². The van der Waals surface area contributed by atoms with Gasteiger partial charge in [-0.2, -0.15) is 13.2 Å². The third-order valence-corrected chi connectivity index (χ3v) is 1.88. The largest absolute Gasteiger partial charge is 0.390 e. The maximum Gasteiger partial charge on any atom is 0.390 e. The lowest BCUT2D eigenvalue weighted by Gasteiger charge is -2.16. The molecule has 72 valence electrons. The molecule has 1 unspecified atom stereocenters. The average molecular weight is 182 g/mol. The predicted octanol–water partition coefficient (Wildman–Crippen LogP) is 0.890. The first-order valence-corrected chi connectivity index (χ1v) is 4.09. The van der Waals surface area contributed by atoms with Gasteiger partial charge in [0.1, 0.15) is 0 Å². The molecule has 0 aromatic rings. The quantitative estimate of drug-likeness (QED) is 0.629. The van der Waals surface area contributed by atoms with E-state index < -0.39 is 18.6 Å². The Hall–Kier alpha value is -0.290. The summed E-state index contributed by atoms with van der Waals surface area (Å²) in [5.41, 5.74) is 0. The number of rotatable bonds is 1.